The summed E-state index contributed by atoms with van der Waals surface area (Å²) < 4.78 is 0. The summed E-state index contributed by atoms with van der Waals surface area (Å²) in [6.45, 7) is 2.58. The van der Waals surface area contributed by atoms with Crippen molar-refractivity contribution in [2.24, 2.45) is 0 Å². The Morgan fingerprint density at radius 1 is 1.41 bits per heavy atom. The lowest BCUT2D eigenvalue weighted by atomic mass is 10.2. The third kappa shape index (κ3) is 3.05. The summed E-state index contributed by atoms with van der Waals surface area (Å²) >= 11 is 12.1. The van der Waals surface area contributed by atoms with E-state index in [4.69, 9.17) is 23.2 Å². The van der Waals surface area contributed by atoms with E-state index < -0.39 is 0 Å². The van der Waals surface area contributed by atoms with Gasteiger partial charge in [-0.3, -0.25) is 4.79 Å². The number of carbonyl (C=O) groups is 1. The fourth-order valence-electron chi connectivity index (χ4n) is 1.85. The largest absolute Gasteiger partial charge is 0.382 e. The smallest absolute Gasteiger partial charge is 0.220 e. The van der Waals surface area contributed by atoms with Crippen molar-refractivity contribution in [2.75, 3.05) is 11.9 Å². The number of halogens is 2. The highest BCUT2D eigenvalue weighted by molar-refractivity contribution is 6.35. The summed E-state index contributed by atoms with van der Waals surface area (Å²) in [7, 11) is 0. The Hall–Kier alpha value is -0.930. The fraction of sp³-hybridized carbons (Fsp3) is 0.417. The number of anilines is 1. The van der Waals surface area contributed by atoms with Crippen molar-refractivity contribution in [3.8, 4) is 0 Å². The lowest BCUT2D eigenvalue weighted by Gasteiger charge is -2.14. The molecule has 1 heterocycles. The second kappa shape index (κ2) is 5.15. The van der Waals surface area contributed by atoms with E-state index in [1.165, 1.54) is 0 Å². The van der Waals surface area contributed by atoms with Crippen molar-refractivity contribution in [3.05, 3.63) is 27.7 Å². The van der Waals surface area contributed by atoms with Gasteiger partial charge in [-0.15, -0.1) is 0 Å². The van der Waals surface area contributed by atoms with Crippen LogP contribution in [0.25, 0.3) is 0 Å². The summed E-state index contributed by atoms with van der Waals surface area (Å²) in [5.74, 6) is 0.116. The quantitative estimate of drug-likeness (QED) is 0.888. The van der Waals surface area contributed by atoms with Crippen molar-refractivity contribution >= 4 is 34.8 Å². The van der Waals surface area contributed by atoms with Gasteiger partial charge >= 0.3 is 0 Å². The molecule has 0 aliphatic carbocycles. The second-order valence-electron chi connectivity index (χ2n) is 4.27. The Bertz CT molecular complexity index is 448. The van der Waals surface area contributed by atoms with Gasteiger partial charge < -0.3 is 10.6 Å². The summed E-state index contributed by atoms with van der Waals surface area (Å²) in [6, 6.07) is 3.83. The highest BCUT2D eigenvalue weighted by Crippen LogP contribution is 2.28. The molecule has 2 N–H and O–H groups in total. The Labute approximate surface area is 110 Å². The van der Waals surface area contributed by atoms with Crippen molar-refractivity contribution in [3.63, 3.8) is 0 Å². The monoisotopic (exact) mass is 272 g/mol. The Morgan fingerprint density at radius 2 is 2.18 bits per heavy atom. The van der Waals surface area contributed by atoms with E-state index in [0.29, 0.717) is 23.0 Å². The van der Waals surface area contributed by atoms with Gasteiger partial charge in [-0.1, -0.05) is 23.2 Å². The molecule has 1 aliphatic heterocycles. The number of carbonyl (C=O) groups excluding carboxylic acids is 1. The third-order valence-electron chi connectivity index (χ3n) is 2.87. The Morgan fingerprint density at radius 3 is 2.82 bits per heavy atom. The van der Waals surface area contributed by atoms with Gasteiger partial charge in [0.2, 0.25) is 5.91 Å². The zero-order chi connectivity index (χ0) is 12.4. The maximum atomic E-state index is 11.0. The predicted octanol–water partition coefficient (Wildman–Crippen LogP) is 2.99. The van der Waals surface area contributed by atoms with Crippen LogP contribution in [0.1, 0.15) is 18.4 Å². The molecule has 1 aromatic carbocycles. The molecule has 17 heavy (non-hydrogen) atoms. The van der Waals surface area contributed by atoms with Crippen molar-refractivity contribution in [2.45, 2.75) is 25.8 Å². The number of hydrogen-bond acceptors (Lipinski definition) is 2. The summed E-state index contributed by atoms with van der Waals surface area (Å²) in [6.07, 6.45) is 1.47. The van der Waals surface area contributed by atoms with Crippen LogP contribution in [-0.2, 0) is 4.79 Å². The van der Waals surface area contributed by atoms with Crippen LogP contribution in [0.15, 0.2) is 12.1 Å². The van der Waals surface area contributed by atoms with Gasteiger partial charge in [-0.05, 0) is 31.0 Å². The molecule has 1 unspecified atom stereocenters. The standard InChI is InChI=1S/C12H14Cl2N2O/c1-7-4-10(14)11(5-9(7)13)15-6-8-2-3-12(17)16-8/h4-5,8,15H,2-3,6H2,1H3,(H,16,17). The Balaban J connectivity index is 1.99. The highest BCUT2D eigenvalue weighted by atomic mass is 35.5. The van der Waals surface area contributed by atoms with E-state index in [9.17, 15) is 4.79 Å². The average Bonchev–Trinajstić information content (AvgIpc) is 2.68. The topological polar surface area (TPSA) is 41.1 Å². The van der Waals surface area contributed by atoms with Gasteiger partial charge in [0.1, 0.15) is 0 Å². The minimum atomic E-state index is 0.116. The van der Waals surface area contributed by atoms with E-state index in [2.05, 4.69) is 10.6 Å². The van der Waals surface area contributed by atoms with Gasteiger partial charge in [0, 0.05) is 24.0 Å². The molecule has 0 aromatic heterocycles. The molecule has 92 valence electrons. The molecule has 1 aromatic rings. The van der Waals surface area contributed by atoms with E-state index in [-0.39, 0.29) is 11.9 Å². The van der Waals surface area contributed by atoms with Crippen LogP contribution in [0.3, 0.4) is 0 Å². The summed E-state index contributed by atoms with van der Waals surface area (Å²) in [5.41, 5.74) is 1.76. The first kappa shape index (κ1) is 12.5. The third-order valence-corrected chi connectivity index (χ3v) is 3.59. The number of rotatable bonds is 3. The molecule has 1 saturated heterocycles. The SMILES string of the molecule is Cc1cc(Cl)c(NCC2CCC(=O)N2)cc1Cl. The zero-order valence-corrected chi connectivity index (χ0v) is 11.0. The molecule has 1 amide bonds. The van der Waals surface area contributed by atoms with E-state index in [0.717, 1.165) is 17.7 Å². The molecule has 1 fully saturated rings. The highest BCUT2D eigenvalue weighted by Gasteiger charge is 2.20. The van der Waals surface area contributed by atoms with E-state index in [1.807, 2.05) is 19.1 Å². The molecule has 3 nitrogen and oxygen atoms in total. The maximum Gasteiger partial charge on any atom is 0.220 e. The molecule has 0 radical (unpaired) electrons. The van der Waals surface area contributed by atoms with Crippen molar-refractivity contribution < 1.29 is 4.79 Å². The van der Waals surface area contributed by atoms with Gasteiger partial charge in [0.05, 0.1) is 10.7 Å². The van der Waals surface area contributed by atoms with E-state index in [1.54, 1.807) is 0 Å². The first-order valence-corrected chi connectivity index (χ1v) is 6.30. The molecule has 0 spiro atoms. The van der Waals surface area contributed by atoms with Crippen LogP contribution in [0, 0.1) is 6.92 Å². The maximum absolute atomic E-state index is 11.0. The van der Waals surface area contributed by atoms with Crippen molar-refractivity contribution in [1.82, 2.24) is 5.32 Å². The molecule has 0 bridgehead atoms. The number of aryl methyl sites for hydroxylation is 1. The zero-order valence-electron chi connectivity index (χ0n) is 9.52. The minimum Gasteiger partial charge on any atom is -0.382 e. The number of amides is 1. The van der Waals surface area contributed by atoms with Crippen LogP contribution < -0.4 is 10.6 Å². The predicted molar refractivity (Wildman–Crippen MR) is 70.9 cm³/mol. The lowest BCUT2D eigenvalue weighted by molar-refractivity contribution is -0.119. The van der Waals surface area contributed by atoms with E-state index >= 15 is 0 Å². The summed E-state index contributed by atoms with van der Waals surface area (Å²) in [5, 5.41) is 7.44. The number of nitrogens with one attached hydrogen (secondary N) is 2. The molecule has 5 heteroatoms. The molecular weight excluding hydrogens is 259 g/mol. The normalized spacial score (nSPS) is 19.2. The molecule has 2 rings (SSSR count). The first-order chi connectivity index (χ1) is 8.06. The van der Waals surface area contributed by atoms with Gasteiger partial charge in [0.15, 0.2) is 0 Å². The average molecular weight is 273 g/mol. The molecule has 1 aliphatic rings. The second-order valence-corrected chi connectivity index (χ2v) is 5.08. The summed E-state index contributed by atoms with van der Waals surface area (Å²) in [4.78, 5) is 11.0. The number of hydrogen-bond donors (Lipinski definition) is 2. The van der Waals surface area contributed by atoms with Gasteiger partial charge in [-0.25, -0.2) is 0 Å². The number of benzene rings is 1. The van der Waals surface area contributed by atoms with Gasteiger partial charge in [0.25, 0.3) is 0 Å². The van der Waals surface area contributed by atoms with Crippen LogP contribution in [-0.4, -0.2) is 18.5 Å². The molecular formula is C12H14Cl2N2O. The van der Waals surface area contributed by atoms with Crippen molar-refractivity contribution in [1.29, 1.82) is 0 Å². The van der Waals surface area contributed by atoms with Crippen LogP contribution in [0.4, 0.5) is 5.69 Å². The molecule has 1 atom stereocenters. The molecule has 0 saturated carbocycles. The van der Waals surface area contributed by atoms with Crippen LogP contribution in [0.2, 0.25) is 10.0 Å². The Kier molecular flexibility index (Phi) is 3.79. The minimum absolute atomic E-state index is 0.116. The fourth-order valence-corrected chi connectivity index (χ4v) is 2.29. The van der Waals surface area contributed by atoms with Crippen LogP contribution >= 0.6 is 23.2 Å². The van der Waals surface area contributed by atoms with Gasteiger partial charge in [-0.2, -0.15) is 0 Å². The first-order valence-electron chi connectivity index (χ1n) is 5.55. The van der Waals surface area contributed by atoms with Crippen LogP contribution in [0.5, 0.6) is 0 Å². The lowest BCUT2D eigenvalue weighted by Crippen LogP contribution is -2.31.